The molecule has 0 spiro atoms. The van der Waals surface area contributed by atoms with Crippen molar-refractivity contribution in [3.8, 4) is 6.07 Å². The van der Waals surface area contributed by atoms with Crippen LogP contribution in [0, 0.1) is 24.2 Å². The van der Waals surface area contributed by atoms with E-state index in [0.29, 0.717) is 11.5 Å². The molecule has 0 saturated carbocycles. The molecule has 4 aromatic rings. The van der Waals surface area contributed by atoms with Crippen molar-refractivity contribution in [3.63, 3.8) is 0 Å². The van der Waals surface area contributed by atoms with E-state index in [-0.39, 0.29) is 0 Å². The van der Waals surface area contributed by atoms with Crippen molar-refractivity contribution >= 4 is 22.5 Å². The highest BCUT2D eigenvalue weighted by Crippen LogP contribution is 2.32. The summed E-state index contributed by atoms with van der Waals surface area (Å²) in [5, 5.41) is 13.6. The molecule has 0 saturated heterocycles. The number of hydrogen-bond acceptors (Lipinski definition) is 3. The van der Waals surface area contributed by atoms with Crippen LogP contribution in [-0.4, -0.2) is 9.38 Å². The van der Waals surface area contributed by atoms with E-state index < -0.39 is 0 Å². The Hall–Kier alpha value is -3.32. The van der Waals surface area contributed by atoms with Gasteiger partial charge in [0.15, 0.2) is 5.65 Å². The Labute approximate surface area is 171 Å². The molecule has 4 heteroatoms. The van der Waals surface area contributed by atoms with Gasteiger partial charge >= 0.3 is 0 Å². The molecule has 0 bridgehead atoms. The molecule has 146 valence electrons. The maximum absolute atomic E-state index is 9.92. The van der Waals surface area contributed by atoms with Gasteiger partial charge in [0, 0.05) is 6.54 Å². The molecule has 2 aromatic heterocycles. The van der Waals surface area contributed by atoms with Crippen LogP contribution in [0.5, 0.6) is 0 Å². The molecule has 0 fully saturated rings. The molecule has 0 atom stereocenters. The lowest BCUT2D eigenvalue weighted by Gasteiger charge is -2.19. The average Bonchev–Trinajstić information content (AvgIpc) is 3.11. The number of nitriles is 1. The highest BCUT2D eigenvalue weighted by atomic mass is 15.1. The number of aromatic nitrogens is 2. The van der Waals surface area contributed by atoms with Gasteiger partial charge in [0.1, 0.15) is 11.9 Å². The number of hydrogen-bond donors (Lipinski definition) is 1. The zero-order valence-electron chi connectivity index (χ0n) is 17.2. The van der Waals surface area contributed by atoms with Crippen molar-refractivity contribution in [1.82, 2.24) is 9.38 Å². The molecule has 29 heavy (non-hydrogen) atoms. The van der Waals surface area contributed by atoms with Crippen LogP contribution >= 0.6 is 0 Å². The highest BCUT2D eigenvalue weighted by Gasteiger charge is 2.20. The molecular weight excluding hydrogens is 356 g/mol. The Bertz CT molecular complexity index is 1200. The molecular formula is C25H26N4. The second-order valence-corrected chi connectivity index (χ2v) is 7.97. The molecule has 2 aromatic carbocycles. The topological polar surface area (TPSA) is 53.1 Å². The third-order valence-electron chi connectivity index (χ3n) is 5.51. The first-order valence-corrected chi connectivity index (χ1v) is 10.2. The van der Waals surface area contributed by atoms with Gasteiger partial charge in [0.05, 0.1) is 16.6 Å². The summed E-state index contributed by atoms with van der Waals surface area (Å²) >= 11 is 0. The van der Waals surface area contributed by atoms with Crippen LogP contribution in [0.15, 0.2) is 54.6 Å². The first-order valence-electron chi connectivity index (χ1n) is 10.2. The fourth-order valence-corrected chi connectivity index (χ4v) is 3.89. The van der Waals surface area contributed by atoms with Crippen molar-refractivity contribution in [2.75, 3.05) is 5.32 Å². The predicted molar refractivity (Wildman–Crippen MR) is 119 cm³/mol. The Morgan fingerprint density at radius 3 is 2.52 bits per heavy atom. The molecule has 1 N–H and O–H groups in total. The summed E-state index contributed by atoms with van der Waals surface area (Å²) < 4.78 is 2.14. The fourth-order valence-electron chi connectivity index (χ4n) is 3.89. The summed E-state index contributed by atoms with van der Waals surface area (Å²) in [7, 11) is 0. The van der Waals surface area contributed by atoms with Gasteiger partial charge in [0.25, 0.3) is 0 Å². The number of benzene rings is 2. The number of nitrogens with zero attached hydrogens (tertiary/aromatic N) is 3. The van der Waals surface area contributed by atoms with Crippen molar-refractivity contribution in [2.24, 2.45) is 5.92 Å². The van der Waals surface area contributed by atoms with Crippen molar-refractivity contribution in [1.29, 1.82) is 5.26 Å². The Morgan fingerprint density at radius 2 is 1.79 bits per heavy atom. The number of para-hydroxylation sites is 2. The van der Waals surface area contributed by atoms with Crippen LogP contribution in [0.25, 0.3) is 16.7 Å². The third-order valence-corrected chi connectivity index (χ3v) is 5.51. The maximum Gasteiger partial charge on any atom is 0.157 e. The SMILES string of the molecule is Cc1c(CCC(C)C)c(NCc2ccccc2)n2c(nc3ccccc32)c1C#N. The molecule has 2 heterocycles. The standard InChI is InChI=1S/C25H26N4/c1-17(2)13-14-20-18(3)21(15-26)25-28-22-11-7-8-12-23(22)29(25)24(20)27-16-19-9-5-4-6-10-19/h4-12,17,27H,13-14,16H2,1-3H3. The van der Waals surface area contributed by atoms with Gasteiger partial charge in [0.2, 0.25) is 0 Å². The van der Waals surface area contributed by atoms with E-state index in [1.54, 1.807) is 0 Å². The number of fused-ring (bicyclic) bond motifs is 3. The number of nitrogens with one attached hydrogen (secondary N) is 1. The third kappa shape index (κ3) is 3.56. The van der Waals surface area contributed by atoms with Gasteiger partial charge in [-0.05, 0) is 54.5 Å². The van der Waals surface area contributed by atoms with Crippen LogP contribution in [0.4, 0.5) is 5.82 Å². The average molecular weight is 383 g/mol. The largest absolute Gasteiger partial charge is 0.367 e. The zero-order chi connectivity index (χ0) is 20.4. The maximum atomic E-state index is 9.92. The summed E-state index contributed by atoms with van der Waals surface area (Å²) in [6.45, 7) is 7.26. The molecule has 0 radical (unpaired) electrons. The van der Waals surface area contributed by atoms with Gasteiger partial charge in [-0.25, -0.2) is 4.98 Å². The lowest BCUT2D eigenvalue weighted by atomic mass is 9.96. The summed E-state index contributed by atoms with van der Waals surface area (Å²) in [4.78, 5) is 4.80. The number of imidazole rings is 1. The Kier molecular flexibility index (Phi) is 5.22. The molecule has 0 aliphatic carbocycles. The van der Waals surface area contributed by atoms with E-state index >= 15 is 0 Å². The minimum Gasteiger partial charge on any atom is -0.367 e. The summed E-state index contributed by atoms with van der Waals surface area (Å²) in [6.07, 6.45) is 2.00. The fraction of sp³-hybridized carbons (Fsp3) is 0.280. The van der Waals surface area contributed by atoms with Crippen molar-refractivity contribution < 1.29 is 0 Å². The van der Waals surface area contributed by atoms with Crippen LogP contribution in [-0.2, 0) is 13.0 Å². The molecule has 0 aliphatic rings. The summed E-state index contributed by atoms with van der Waals surface area (Å²) in [5.41, 5.74) is 6.81. The van der Waals surface area contributed by atoms with Gasteiger partial charge in [-0.1, -0.05) is 56.3 Å². The normalized spacial score (nSPS) is 11.3. The zero-order valence-corrected chi connectivity index (χ0v) is 17.2. The molecule has 4 rings (SSSR count). The number of rotatable bonds is 6. The van der Waals surface area contributed by atoms with Crippen LogP contribution in [0.2, 0.25) is 0 Å². The number of anilines is 1. The minimum atomic E-state index is 0.595. The van der Waals surface area contributed by atoms with Crippen molar-refractivity contribution in [2.45, 2.75) is 40.2 Å². The Balaban J connectivity index is 1.95. The minimum absolute atomic E-state index is 0.595. The van der Waals surface area contributed by atoms with Gasteiger partial charge in [-0.2, -0.15) is 5.26 Å². The highest BCUT2D eigenvalue weighted by molar-refractivity contribution is 5.86. The first kappa shape index (κ1) is 19.0. The molecule has 0 unspecified atom stereocenters. The second-order valence-electron chi connectivity index (χ2n) is 7.97. The van der Waals surface area contributed by atoms with E-state index in [0.717, 1.165) is 47.4 Å². The van der Waals surface area contributed by atoms with E-state index in [2.05, 4.69) is 66.9 Å². The van der Waals surface area contributed by atoms with Crippen molar-refractivity contribution in [3.05, 3.63) is 76.9 Å². The van der Waals surface area contributed by atoms with Crippen LogP contribution in [0.3, 0.4) is 0 Å². The lowest BCUT2D eigenvalue weighted by molar-refractivity contribution is 0.585. The van der Waals surface area contributed by atoms with Gasteiger partial charge < -0.3 is 5.32 Å². The van der Waals surface area contributed by atoms with E-state index in [4.69, 9.17) is 4.98 Å². The molecule has 4 nitrogen and oxygen atoms in total. The number of pyridine rings is 1. The second kappa shape index (κ2) is 7.97. The van der Waals surface area contributed by atoms with E-state index in [1.807, 2.05) is 24.3 Å². The van der Waals surface area contributed by atoms with Gasteiger partial charge in [-0.3, -0.25) is 4.40 Å². The Morgan fingerprint density at radius 1 is 1.07 bits per heavy atom. The summed E-state index contributed by atoms with van der Waals surface area (Å²) in [5.74, 6) is 1.65. The van der Waals surface area contributed by atoms with E-state index in [1.165, 1.54) is 11.1 Å². The quantitative estimate of drug-likeness (QED) is 0.454. The first-order chi connectivity index (χ1) is 14.1. The molecule has 0 amide bonds. The van der Waals surface area contributed by atoms with E-state index in [9.17, 15) is 5.26 Å². The van der Waals surface area contributed by atoms with Crippen LogP contribution < -0.4 is 5.32 Å². The molecule has 0 aliphatic heterocycles. The lowest BCUT2D eigenvalue weighted by Crippen LogP contribution is -2.12. The monoisotopic (exact) mass is 382 g/mol. The summed E-state index contributed by atoms with van der Waals surface area (Å²) in [6, 6.07) is 20.9. The van der Waals surface area contributed by atoms with Crippen LogP contribution in [0.1, 0.15) is 42.5 Å². The smallest absolute Gasteiger partial charge is 0.157 e. The van der Waals surface area contributed by atoms with Gasteiger partial charge in [-0.15, -0.1) is 0 Å². The predicted octanol–water partition coefficient (Wildman–Crippen LogP) is 5.87.